The number of hydrogen-bond acceptors (Lipinski definition) is 6. The first kappa shape index (κ1) is 19.6. The number of rotatable bonds is 4. The summed E-state index contributed by atoms with van der Waals surface area (Å²) in [7, 11) is 1.29. The topological polar surface area (TPSA) is 85.8 Å². The van der Waals surface area contributed by atoms with Gasteiger partial charge in [0.25, 0.3) is 5.91 Å². The third-order valence-corrected chi connectivity index (χ3v) is 5.18. The van der Waals surface area contributed by atoms with Crippen LogP contribution in [0, 0.1) is 0 Å². The zero-order valence-electron chi connectivity index (χ0n) is 16.4. The number of benzene rings is 2. The molecule has 1 atom stereocenters. The minimum Gasteiger partial charge on any atom is -0.467 e. The van der Waals surface area contributed by atoms with Gasteiger partial charge in [0.2, 0.25) is 0 Å². The summed E-state index contributed by atoms with van der Waals surface area (Å²) >= 11 is 0. The Morgan fingerprint density at radius 3 is 2.53 bits per heavy atom. The zero-order valence-corrected chi connectivity index (χ0v) is 16.4. The summed E-state index contributed by atoms with van der Waals surface area (Å²) in [5.74, 6) is -1.66. The molecular weight excluding hydrogens is 384 g/mol. The van der Waals surface area contributed by atoms with Gasteiger partial charge in [0.05, 0.1) is 12.6 Å². The van der Waals surface area contributed by atoms with Gasteiger partial charge in [0.15, 0.2) is 6.61 Å². The first-order chi connectivity index (χ1) is 14.6. The lowest BCUT2D eigenvalue weighted by Gasteiger charge is -2.35. The van der Waals surface area contributed by atoms with Crippen LogP contribution in [0.25, 0.3) is 10.9 Å². The first-order valence-electron chi connectivity index (χ1n) is 9.54. The molecule has 0 aliphatic carbocycles. The number of ether oxygens (including phenoxy) is 2. The van der Waals surface area contributed by atoms with Crippen LogP contribution in [0.2, 0.25) is 0 Å². The number of para-hydroxylation sites is 1. The highest BCUT2D eigenvalue weighted by Gasteiger charge is 2.35. The summed E-state index contributed by atoms with van der Waals surface area (Å²) in [5.41, 5.74) is 2.73. The van der Waals surface area contributed by atoms with Gasteiger partial charge in [-0.15, -0.1) is 0 Å². The van der Waals surface area contributed by atoms with E-state index in [0.717, 1.165) is 16.5 Å². The van der Waals surface area contributed by atoms with Crippen LogP contribution in [0.3, 0.4) is 0 Å². The lowest BCUT2D eigenvalue weighted by atomic mass is 9.94. The Balaban J connectivity index is 1.47. The van der Waals surface area contributed by atoms with E-state index in [1.165, 1.54) is 12.0 Å². The van der Waals surface area contributed by atoms with Crippen molar-refractivity contribution in [3.8, 4) is 0 Å². The summed E-state index contributed by atoms with van der Waals surface area (Å²) < 4.78 is 10.1. The molecule has 0 N–H and O–H groups in total. The van der Waals surface area contributed by atoms with E-state index in [2.05, 4.69) is 4.98 Å². The van der Waals surface area contributed by atoms with E-state index >= 15 is 0 Å². The summed E-state index contributed by atoms with van der Waals surface area (Å²) in [4.78, 5) is 43.1. The Bertz CT molecular complexity index is 1130. The van der Waals surface area contributed by atoms with E-state index in [-0.39, 0.29) is 12.2 Å². The predicted octanol–water partition coefficient (Wildman–Crippen LogP) is 2.52. The van der Waals surface area contributed by atoms with Gasteiger partial charge >= 0.3 is 11.9 Å². The number of nitrogens with zero attached hydrogens (tertiary/aromatic N) is 2. The van der Waals surface area contributed by atoms with Crippen LogP contribution in [-0.2, 0) is 32.0 Å². The molecule has 7 nitrogen and oxygen atoms in total. The minimum absolute atomic E-state index is 0.120. The Hall–Kier alpha value is -3.74. The smallest absolute Gasteiger partial charge is 0.357 e. The molecule has 3 aromatic rings. The Kier molecular flexibility index (Phi) is 5.43. The van der Waals surface area contributed by atoms with E-state index in [1.54, 1.807) is 18.2 Å². The van der Waals surface area contributed by atoms with Crippen LogP contribution in [0.4, 0.5) is 0 Å². The number of aromatic nitrogens is 1. The Morgan fingerprint density at radius 1 is 1.00 bits per heavy atom. The van der Waals surface area contributed by atoms with Crippen LogP contribution in [0.1, 0.15) is 21.6 Å². The maximum Gasteiger partial charge on any atom is 0.357 e. The second kappa shape index (κ2) is 8.32. The van der Waals surface area contributed by atoms with Crippen LogP contribution in [0.5, 0.6) is 0 Å². The van der Waals surface area contributed by atoms with E-state index in [4.69, 9.17) is 9.47 Å². The van der Waals surface area contributed by atoms with Crippen LogP contribution < -0.4 is 0 Å². The quantitative estimate of drug-likeness (QED) is 0.621. The second-order valence-corrected chi connectivity index (χ2v) is 7.00. The minimum atomic E-state index is -0.755. The molecule has 4 rings (SSSR count). The largest absolute Gasteiger partial charge is 0.467 e. The molecule has 0 saturated heterocycles. The fraction of sp³-hybridized carbons (Fsp3) is 0.217. The first-order valence-corrected chi connectivity index (χ1v) is 9.54. The molecule has 1 aliphatic rings. The number of methoxy groups -OCH3 is 1. The molecule has 0 saturated carbocycles. The van der Waals surface area contributed by atoms with Crippen molar-refractivity contribution in [1.29, 1.82) is 0 Å². The highest BCUT2D eigenvalue weighted by atomic mass is 16.5. The molecular formula is C23H20N2O5. The molecule has 0 fully saturated rings. The molecule has 7 heteroatoms. The average Bonchev–Trinajstić information content (AvgIpc) is 2.80. The lowest BCUT2D eigenvalue weighted by Crippen LogP contribution is -2.50. The van der Waals surface area contributed by atoms with Gasteiger partial charge in [-0.25, -0.2) is 14.6 Å². The number of carbonyl (C=O) groups excluding carboxylic acids is 3. The summed E-state index contributed by atoms with van der Waals surface area (Å²) in [6.45, 7) is -0.233. The molecule has 2 heterocycles. The van der Waals surface area contributed by atoms with E-state index in [1.807, 2.05) is 42.5 Å². The van der Waals surface area contributed by atoms with Crippen LogP contribution in [-0.4, -0.2) is 47.5 Å². The highest BCUT2D eigenvalue weighted by molar-refractivity contribution is 5.93. The van der Waals surface area contributed by atoms with E-state index < -0.39 is 30.5 Å². The lowest BCUT2D eigenvalue weighted by molar-refractivity contribution is -0.155. The molecule has 0 radical (unpaired) electrons. The van der Waals surface area contributed by atoms with Crippen LogP contribution in [0.15, 0.2) is 60.7 Å². The van der Waals surface area contributed by atoms with Gasteiger partial charge in [-0.1, -0.05) is 48.5 Å². The second-order valence-electron chi connectivity index (χ2n) is 7.00. The molecule has 1 aromatic heterocycles. The van der Waals surface area contributed by atoms with Gasteiger partial charge in [-0.3, -0.25) is 4.79 Å². The molecule has 1 amide bonds. The van der Waals surface area contributed by atoms with Gasteiger partial charge in [-0.05, 0) is 23.3 Å². The third-order valence-electron chi connectivity index (χ3n) is 5.18. The molecule has 30 heavy (non-hydrogen) atoms. The van der Waals surface area contributed by atoms with Crippen molar-refractivity contribution in [2.45, 2.75) is 19.0 Å². The number of esters is 2. The fourth-order valence-electron chi connectivity index (χ4n) is 3.60. The molecule has 152 valence electrons. The van der Waals surface area contributed by atoms with Crippen molar-refractivity contribution in [3.63, 3.8) is 0 Å². The predicted molar refractivity (Wildman–Crippen MR) is 109 cm³/mol. The molecule has 0 bridgehead atoms. The van der Waals surface area contributed by atoms with Gasteiger partial charge in [0, 0.05) is 18.4 Å². The average molecular weight is 404 g/mol. The van der Waals surface area contributed by atoms with Gasteiger partial charge < -0.3 is 14.4 Å². The number of carbonyl (C=O) groups is 3. The normalized spacial score (nSPS) is 15.4. The van der Waals surface area contributed by atoms with Crippen molar-refractivity contribution >= 4 is 28.7 Å². The Morgan fingerprint density at radius 2 is 1.73 bits per heavy atom. The van der Waals surface area contributed by atoms with Gasteiger partial charge in [0.1, 0.15) is 11.7 Å². The zero-order chi connectivity index (χ0) is 21.1. The van der Waals surface area contributed by atoms with Gasteiger partial charge in [-0.2, -0.15) is 0 Å². The standard InChI is InChI=1S/C23H20N2O5/c1-29-23(28)20-12-16-7-2-3-8-17(16)13-25(20)21(26)14-30-22(27)19-11-10-15-6-4-5-9-18(15)24-19/h2-11,20H,12-14H2,1H3/t20-/m1/s1. The van der Waals surface area contributed by atoms with Crippen molar-refractivity contribution in [2.75, 3.05) is 13.7 Å². The van der Waals surface area contributed by atoms with Crippen molar-refractivity contribution in [1.82, 2.24) is 9.88 Å². The number of amides is 1. The Labute approximate surface area is 173 Å². The molecule has 0 spiro atoms. The molecule has 1 aliphatic heterocycles. The summed E-state index contributed by atoms with van der Waals surface area (Å²) in [6, 6.07) is 17.6. The molecule has 0 unspecified atom stereocenters. The maximum atomic E-state index is 12.8. The maximum absolute atomic E-state index is 12.8. The number of fused-ring (bicyclic) bond motifs is 2. The summed E-state index contributed by atoms with van der Waals surface area (Å²) in [5, 5.41) is 0.901. The van der Waals surface area contributed by atoms with E-state index in [9.17, 15) is 14.4 Å². The number of hydrogen-bond donors (Lipinski definition) is 0. The molecule has 2 aromatic carbocycles. The van der Waals surface area contributed by atoms with Crippen molar-refractivity contribution in [2.24, 2.45) is 0 Å². The highest BCUT2D eigenvalue weighted by Crippen LogP contribution is 2.24. The van der Waals surface area contributed by atoms with Crippen LogP contribution >= 0.6 is 0 Å². The van der Waals surface area contributed by atoms with E-state index in [0.29, 0.717) is 11.9 Å². The fourth-order valence-corrected chi connectivity index (χ4v) is 3.60. The van der Waals surface area contributed by atoms with Crippen molar-refractivity contribution < 1.29 is 23.9 Å². The monoisotopic (exact) mass is 404 g/mol. The van der Waals surface area contributed by atoms with Crippen molar-refractivity contribution in [3.05, 3.63) is 77.5 Å². The number of pyridine rings is 1. The SMILES string of the molecule is COC(=O)[C@H]1Cc2ccccc2CN1C(=O)COC(=O)c1ccc2ccccc2n1. The third kappa shape index (κ3) is 3.87. The summed E-state index contributed by atoms with van der Waals surface area (Å²) in [6.07, 6.45) is 0.356.